The van der Waals surface area contributed by atoms with Gasteiger partial charge >= 0.3 is 0 Å². The lowest BCUT2D eigenvalue weighted by molar-refractivity contribution is -0.175. The van der Waals surface area contributed by atoms with E-state index in [1.165, 1.54) is 12.4 Å². The number of ether oxygens (including phenoxy) is 3. The normalized spacial score (nSPS) is 16.5. The second-order valence-electron chi connectivity index (χ2n) is 7.83. The molecule has 2 N–H and O–H groups in total. The van der Waals surface area contributed by atoms with Crippen molar-refractivity contribution in [2.75, 3.05) is 50.6 Å². The first-order valence-electron chi connectivity index (χ1n) is 11.3. The molecule has 35 heavy (non-hydrogen) atoms. The zero-order chi connectivity index (χ0) is 24.6. The Morgan fingerprint density at radius 2 is 2.20 bits per heavy atom. The summed E-state index contributed by atoms with van der Waals surface area (Å²) in [6.07, 6.45) is 4.63. The van der Waals surface area contributed by atoms with Crippen molar-refractivity contribution in [3.63, 3.8) is 0 Å². The Morgan fingerprint density at radius 1 is 1.31 bits per heavy atom. The van der Waals surface area contributed by atoms with Gasteiger partial charge < -0.3 is 24.8 Å². The van der Waals surface area contributed by atoms with Crippen molar-refractivity contribution in [2.24, 2.45) is 0 Å². The molecule has 1 aliphatic rings. The van der Waals surface area contributed by atoms with Crippen molar-refractivity contribution in [2.45, 2.75) is 13.2 Å². The summed E-state index contributed by atoms with van der Waals surface area (Å²) in [5.74, 6) is 0.882. The van der Waals surface area contributed by atoms with Crippen molar-refractivity contribution in [1.29, 1.82) is 0 Å². The molecule has 4 rings (SSSR count). The predicted octanol–water partition coefficient (Wildman–Crippen LogP) is 4.33. The Morgan fingerprint density at radius 3 is 3.00 bits per heavy atom. The van der Waals surface area contributed by atoms with Gasteiger partial charge in [0.2, 0.25) is 5.91 Å². The Kier molecular flexibility index (Phi) is 8.64. The summed E-state index contributed by atoms with van der Waals surface area (Å²) in [6, 6.07) is 11.4. The third-order valence-electron chi connectivity index (χ3n) is 5.41. The second-order valence-corrected chi connectivity index (χ2v) is 8.75. The Labute approximate surface area is 212 Å². The highest BCUT2D eigenvalue weighted by molar-refractivity contribution is 9.10. The first-order chi connectivity index (χ1) is 17.1. The lowest BCUT2D eigenvalue weighted by Crippen LogP contribution is -2.43. The minimum absolute atomic E-state index is 0.222. The third kappa shape index (κ3) is 6.76. The van der Waals surface area contributed by atoms with E-state index in [4.69, 9.17) is 14.2 Å². The summed E-state index contributed by atoms with van der Waals surface area (Å²) in [7, 11) is 1.56. The Hall–Kier alpha value is -3.05. The molecule has 0 bridgehead atoms. The fourth-order valence-corrected chi connectivity index (χ4v) is 4.16. The second kappa shape index (κ2) is 12.1. The molecule has 184 valence electrons. The number of rotatable bonds is 9. The van der Waals surface area contributed by atoms with Crippen LogP contribution in [-0.2, 0) is 14.3 Å². The van der Waals surface area contributed by atoms with Crippen LogP contribution in [0.4, 0.5) is 17.2 Å². The molecule has 3 aromatic rings. The van der Waals surface area contributed by atoms with Crippen LogP contribution in [-0.4, -0.2) is 67.0 Å². The fraction of sp³-hybridized carbons (Fsp3) is 0.320. The number of carbonyl (C=O) groups excluding carboxylic acids is 1. The first kappa shape index (κ1) is 25.1. The number of halogens is 1. The van der Waals surface area contributed by atoms with Gasteiger partial charge in [-0.1, -0.05) is 28.1 Å². The maximum atomic E-state index is 12.7. The number of methoxy groups -OCH3 is 1. The van der Waals surface area contributed by atoms with Gasteiger partial charge in [0.15, 0.2) is 6.29 Å². The number of hydrogen-bond acceptors (Lipinski definition) is 8. The van der Waals surface area contributed by atoms with Gasteiger partial charge in [-0.2, -0.15) is 0 Å². The van der Waals surface area contributed by atoms with Crippen LogP contribution in [0.25, 0.3) is 10.9 Å². The van der Waals surface area contributed by atoms with Crippen LogP contribution in [0.15, 0.2) is 59.4 Å². The highest BCUT2D eigenvalue weighted by atomic mass is 79.9. The van der Waals surface area contributed by atoms with Crippen molar-refractivity contribution in [1.82, 2.24) is 14.9 Å². The largest absolute Gasteiger partial charge is 0.494 e. The van der Waals surface area contributed by atoms with Crippen LogP contribution in [0.2, 0.25) is 0 Å². The molecule has 1 aliphatic heterocycles. The van der Waals surface area contributed by atoms with E-state index in [1.807, 2.05) is 43.3 Å². The van der Waals surface area contributed by atoms with E-state index in [9.17, 15) is 4.79 Å². The van der Waals surface area contributed by atoms with Crippen LogP contribution in [0, 0.1) is 0 Å². The maximum absolute atomic E-state index is 12.7. The molecular weight excluding hydrogens is 514 g/mol. The van der Waals surface area contributed by atoms with E-state index in [1.54, 1.807) is 13.2 Å². The molecule has 1 aromatic heterocycles. The van der Waals surface area contributed by atoms with Crippen LogP contribution >= 0.6 is 15.9 Å². The monoisotopic (exact) mass is 541 g/mol. The third-order valence-corrected chi connectivity index (χ3v) is 5.90. The van der Waals surface area contributed by atoms with Gasteiger partial charge in [0.05, 0.1) is 24.9 Å². The average Bonchev–Trinajstić information content (AvgIpc) is 2.84. The van der Waals surface area contributed by atoms with Crippen LogP contribution in [0.5, 0.6) is 5.75 Å². The molecule has 2 aromatic carbocycles. The highest BCUT2D eigenvalue weighted by Crippen LogP contribution is 2.33. The lowest BCUT2D eigenvalue weighted by Gasteiger charge is -2.31. The van der Waals surface area contributed by atoms with Crippen molar-refractivity contribution < 1.29 is 19.0 Å². The average molecular weight is 542 g/mol. The van der Waals surface area contributed by atoms with E-state index in [0.29, 0.717) is 49.1 Å². The number of fused-ring (bicyclic) bond motifs is 1. The number of amides is 1. The van der Waals surface area contributed by atoms with Crippen molar-refractivity contribution in [3.05, 3.63) is 59.4 Å². The molecule has 1 unspecified atom stereocenters. The minimum atomic E-state index is -0.254. The van der Waals surface area contributed by atoms with Gasteiger partial charge in [0.1, 0.15) is 17.9 Å². The molecule has 1 saturated heterocycles. The summed E-state index contributed by atoms with van der Waals surface area (Å²) in [5.41, 5.74) is 2.10. The zero-order valence-corrected chi connectivity index (χ0v) is 21.2. The van der Waals surface area contributed by atoms with Gasteiger partial charge in [0, 0.05) is 53.9 Å². The van der Waals surface area contributed by atoms with E-state index < -0.39 is 0 Å². The van der Waals surface area contributed by atoms with Crippen LogP contribution < -0.4 is 15.4 Å². The molecule has 2 heterocycles. The van der Waals surface area contributed by atoms with Gasteiger partial charge in [-0.15, -0.1) is 0 Å². The SMILES string of the molecule is CCOC1CN(C/C=C/C(=O)Nc2cc3c(Nc4cccc(Br)c4)ncnc3cc2OC)CCO1. The van der Waals surface area contributed by atoms with Crippen LogP contribution in [0.1, 0.15) is 6.92 Å². The standard InChI is InChI=1S/C25H28BrN5O4/c1-3-34-24-15-31(10-11-35-24)9-5-8-23(32)30-21-13-19-20(14-22(21)33-2)27-16-28-25(19)29-18-7-4-6-17(26)12-18/h4-8,12-14,16,24H,3,9-11,15H2,1-2H3,(H,30,32)(H,27,28,29)/b8-5+. The van der Waals surface area contributed by atoms with Crippen molar-refractivity contribution in [3.8, 4) is 5.75 Å². The Bertz CT molecular complexity index is 1200. The number of hydrogen-bond donors (Lipinski definition) is 2. The molecule has 0 aliphatic carbocycles. The van der Waals surface area contributed by atoms with Gasteiger partial charge in [-0.3, -0.25) is 9.69 Å². The molecule has 1 amide bonds. The zero-order valence-electron chi connectivity index (χ0n) is 19.7. The summed E-state index contributed by atoms with van der Waals surface area (Å²) in [5, 5.41) is 6.98. The Balaban J connectivity index is 1.47. The lowest BCUT2D eigenvalue weighted by atomic mass is 10.2. The van der Waals surface area contributed by atoms with Crippen LogP contribution in [0.3, 0.4) is 0 Å². The molecule has 0 saturated carbocycles. The molecule has 10 heteroatoms. The van der Waals surface area contributed by atoms with E-state index >= 15 is 0 Å². The quantitative estimate of drug-likeness (QED) is 0.386. The molecule has 1 fully saturated rings. The van der Waals surface area contributed by atoms with Gasteiger partial charge in [0.25, 0.3) is 0 Å². The fourth-order valence-electron chi connectivity index (χ4n) is 3.76. The van der Waals surface area contributed by atoms with Gasteiger partial charge in [-0.05, 0) is 31.2 Å². The minimum Gasteiger partial charge on any atom is -0.494 e. The van der Waals surface area contributed by atoms with Crippen molar-refractivity contribution >= 4 is 49.9 Å². The maximum Gasteiger partial charge on any atom is 0.248 e. The number of nitrogens with one attached hydrogen (secondary N) is 2. The predicted molar refractivity (Wildman–Crippen MR) is 139 cm³/mol. The number of carbonyl (C=O) groups is 1. The van der Waals surface area contributed by atoms with E-state index in [-0.39, 0.29) is 12.2 Å². The molecule has 1 atom stereocenters. The smallest absolute Gasteiger partial charge is 0.248 e. The topological polar surface area (TPSA) is 97.8 Å². The molecular formula is C25H28BrN5O4. The van der Waals surface area contributed by atoms with E-state index in [0.717, 1.165) is 22.1 Å². The summed E-state index contributed by atoms with van der Waals surface area (Å²) >= 11 is 3.48. The van der Waals surface area contributed by atoms with E-state index in [2.05, 4.69) is 41.4 Å². The summed E-state index contributed by atoms with van der Waals surface area (Å²) in [6.45, 7) is 5.25. The molecule has 0 spiro atoms. The summed E-state index contributed by atoms with van der Waals surface area (Å²) < 4.78 is 17.6. The highest BCUT2D eigenvalue weighted by Gasteiger charge is 2.19. The number of morpholine rings is 1. The number of nitrogens with zero attached hydrogens (tertiary/aromatic N) is 3. The molecule has 0 radical (unpaired) electrons. The number of aromatic nitrogens is 2. The summed E-state index contributed by atoms with van der Waals surface area (Å²) in [4.78, 5) is 23.6. The molecule has 9 nitrogen and oxygen atoms in total. The first-order valence-corrected chi connectivity index (χ1v) is 12.1. The van der Waals surface area contributed by atoms with Gasteiger partial charge in [-0.25, -0.2) is 9.97 Å². The number of benzene rings is 2. The number of anilines is 3.